The molecular formula is C50H54N8O6S. The number of hydrogen-bond donors (Lipinski definition) is 2. The summed E-state index contributed by atoms with van der Waals surface area (Å²) in [4.78, 5) is 29.8. The van der Waals surface area contributed by atoms with Crippen molar-refractivity contribution in [2.45, 2.75) is 111 Å². The molecule has 2 heterocycles. The van der Waals surface area contributed by atoms with E-state index in [4.69, 9.17) is 29.9 Å². The second-order valence-corrected chi connectivity index (χ2v) is 21.1. The molecule has 0 aromatic heterocycles. The number of fused-ring (bicyclic) bond motifs is 12. The van der Waals surface area contributed by atoms with Crippen molar-refractivity contribution < 1.29 is 27.5 Å². The summed E-state index contributed by atoms with van der Waals surface area (Å²) in [5, 5.41) is 20.4. The largest absolute Gasteiger partial charge is 0.453 e. The van der Waals surface area contributed by atoms with Gasteiger partial charge in [-0.2, -0.15) is 38.3 Å². The van der Waals surface area contributed by atoms with E-state index in [1.807, 2.05) is 42.5 Å². The summed E-state index contributed by atoms with van der Waals surface area (Å²) in [6.07, 6.45) is 8.47. The van der Waals surface area contributed by atoms with Crippen LogP contribution < -0.4 is 9.44 Å². The van der Waals surface area contributed by atoms with Crippen LogP contribution in [0.2, 0.25) is 0 Å². The lowest BCUT2D eigenvalue weighted by Gasteiger charge is -2.37. The van der Waals surface area contributed by atoms with E-state index in [9.17, 15) is 9.59 Å². The molecule has 12 rings (SSSR count). The van der Waals surface area contributed by atoms with Crippen molar-refractivity contribution >= 4 is 33.8 Å². The van der Waals surface area contributed by atoms with E-state index in [1.165, 1.54) is 25.3 Å². The molecule has 2 saturated heterocycles. The van der Waals surface area contributed by atoms with Gasteiger partial charge < -0.3 is 19.3 Å². The van der Waals surface area contributed by atoms with Crippen LogP contribution in [0.3, 0.4) is 0 Å². The van der Waals surface area contributed by atoms with E-state index in [0.717, 1.165) is 77.6 Å². The van der Waals surface area contributed by atoms with Crippen molar-refractivity contribution in [3.63, 3.8) is 0 Å². The van der Waals surface area contributed by atoms with Crippen molar-refractivity contribution in [1.82, 2.24) is 19.2 Å². The first-order chi connectivity index (χ1) is 31.5. The molecule has 4 fully saturated rings. The number of ether oxygens (including phenoxy) is 2. The Morgan fingerprint density at radius 2 is 1.14 bits per heavy atom. The molecular weight excluding hydrogens is 841 g/mol. The summed E-state index contributed by atoms with van der Waals surface area (Å²) in [5.74, 6) is 0.497. The van der Waals surface area contributed by atoms with Crippen molar-refractivity contribution in [3.8, 4) is 0 Å². The number of rotatable bonds is 8. The zero-order valence-corrected chi connectivity index (χ0v) is 37.6. The Hall–Kier alpha value is -5.51. The lowest BCUT2D eigenvalue weighted by molar-refractivity contribution is 0.112. The quantitative estimate of drug-likeness (QED) is 0.168. The number of hydrogen-bond acceptors (Lipinski definition) is 10. The van der Waals surface area contributed by atoms with Gasteiger partial charge in [0.15, 0.2) is 0 Å². The van der Waals surface area contributed by atoms with Crippen molar-refractivity contribution in [3.05, 3.63) is 129 Å². The Bertz CT molecular complexity index is 2840. The van der Waals surface area contributed by atoms with Crippen LogP contribution in [-0.4, -0.2) is 69.8 Å². The summed E-state index contributed by atoms with van der Waals surface area (Å²) in [6.45, 7) is 0.799. The van der Waals surface area contributed by atoms with Gasteiger partial charge in [-0.05, 0) is 133 Å². The van der Waals surface area contributed by atoms with Crippen LogP contribution in [0.4, 0.5) is 21.0 Å². The standard InChI is InChI=1S/C50H54N8O6S/c1-63-45(59)57-25-23-49(38-16-6-4-12-32(38)28-43(49)57)54-52-42-20-8-18-40-36(42)30-44-50(40,24-26-58(44)46(60)64-2)56-65(61,62)55-48-22-10-14-34(48)29-35-39(48)17-7-19-41(35)51-53-47-21-9-13-33(47)27-31-11-3-5-15-37(31)47/h3-8,11-12,15-20,33-34,43-44,55-56H,9-10,13-14,21-30H2,1-2H3/t33-,34-,43-,44+,47+,48+,49-,50+/m0/s1. The van der Waals surface area contributed by atoms with E-state index in [0.29, 0.717) is 63.2 Å². The minimum Gasteiger partial charge on any atom is -0.453 e. The fraction of sp³-hybridized carbons (Fsp3) is 0.480. The number of methoxy groups -OCH3 is 2. The molecule has 2 amide bonds. The minimum atomic E-state index is -4.24. The highest BCUT2D eigenvalue weighted by molar-refractivity contribution is 7.87. The minimum absolute atomic E-state index is 0.0518. The zero-order valence-electron chi connectivity index (χ0n) is 36.8. The first kappa shape index (κ1) is 41.0. The number of likely N-dealkylation sites (tertiary alicyclic amines) is 2. The number of carbonyl (C=O) groups excluding carboxylic acids is 2. The highest BCUT2D eigenvalue weighted by atomic mass is 32.2. The molecule has 2 N–H and O–H groups in total. The predicted octanol–water partition coefficient (Wildman–Crippen LogP) is 8.67. The molecule has 14 nitrogen and oxygen atoms in total. The average molecular weight is 895 g/mol. The lowest BCUT2D eigenvalue weighted by atomic mass is 9.87. The highest BCUT2D eigenvalue weighted by Gasteiger charge is 2.60. The molecule has 2 saturated carbocycles. The first-order valence-electron chi connectivity index (χ1n) is 23.3. The summed E-state index contributed by atoms with van der Waals surface area (Å²) in [7, 11) is -1.49. The molecule has 65 heavy (non-hydrogen) atoms. The van der Waals surface area contributed by atoms with E-state index in [1.54, 1.807) is 9.80 Å². The van der Waals surface area contributed by atoms with Crippen LogP contribution in [0, 0.1) is 11.8 Å². The topological polar surface area (TPSA) is 167 Å². The van der Waals surface area contributed by atoms with Gasteiger partial charge in [0.05, 0.1) is 48.8 Å². The van der Waals surface area contributed by atoms with Crippen molar-refractivity contribution in [2.75, 3.05) is 27.3 Å². The van der Waals surface area contributed by atoms with Gasteiger partial charge in [0.2, 0.25) is 0 Å². The van der Waals surface area contributed by atoms with Gasteiger partial charge >= 0.3 is 12.2 Å². The van der Waals surface area contributed by atoms with Crippen LogP contribution in [-0.2, 0) is 67.5 Å². The maximum absolute atomic E-state index is 15.1. The summed E-state index contributed by atoms with van der Waals surface area (Å²) < 4.78 is 47.1. The number of azo groups is 2. The molecule has 8 atom stereocenters. The summed E-state index contributed by atoms with van der Waals surface area (Å²) in [6, 6.07) is 27.8. The molecule has 0 spiro atoms. The summed E-state index contributed by atoms with van der Waals surface area (Å²) in [5.41, 5.74) is 6.87. The number of carbonyl (C=O) groups is 2. The van der Waals surface area contributed by atoms with Crippen LogP contribution in [0.15, 0.2) is 105 Å². The fourth-order valence-corrected chi connectivity index (χ4v) is 16.0. The Balaban J connectivity index is 0.878. The highest BCUT2D eigenvalue weighted by Crippen LogP contribution is 2.58. The molecule has 4 aromatic carbocycles. The molecule has 8 aliphatic rings. The number of benzene rings is 4. The third-order valence-corrected chi connectivity index (χ3v) is 18.3. The van der Waals surface area contributed by atoms with Crippen LogP contribution in [0.5, 0.6) is 0 Å². The maximum Gasteiger partial charge on any atom is 0.409 e. The van der Waals surface area contributed by atoms with E-state index < -0.39 is 39.0 Å². The molecule has 2 aliphatic heterocycles. The Morgan fingerprint density at radius 3 is 1.86 bits per heavy atom. The molecule has 0 unspecified atom stereocenters. The van der Waals surface area contributed by atoms with Gasteiger partial charge in [-0.15, -0.1) is 0 Å². The Labute approximate surface area is 379 Å². The third-order valence-electron chi connectivity index (χ3n) is 17.0. The monoisotopic (exact) mass is 894 g/mol. The van der Waals surface area contributed by atoms with Gasteiger partial charge in [-0.3, -0.25) is 0 Å². The SMILES string of the molecule is COC(=O)N1CC[C@]2(N=Nc3cccc4c3C[C@H]3N(C(=O)OC)CC[C@@]43NS(=O)(=O)N[C@]34CCC[C@H]3Cc3c(N=N[C@]56CCC[C@H]5Cc5ccccc56)cccc34)c3ccccc3C[C@H]12. The van der Waals surface area contributed by atoms with Crippen LogP contribution >= 0.6 is 0 Å². The molecule has 336 valence electrons. The van der Waals surface area contributed by atoms with Crippen LogP contribution in [0.25, 0.3) is 0 Å². The number of nitrogens with one attached hydrogen (secondary N) is 2. The van der Waals surface area contributed by atoms with Gasteiger partial charge in [-0.1, -0.05) is 85.6 Å². The lowest BCUT2D eigenvalue weighted by Crippen LogP contribution is -2.59. The van der Waals surface area contributed by atoms with Gasteiger partial charge in [-0.25, -0.2) is 9.59 Å². The molecule has 6 aliphatic carbocycles. The average Bonchev–Trinajstić information content (AvgIpc) is 4.19. The van der Waals surface area contributed by atoms with Crippen molar-refractivity contribution in [1.29, 1.82) is 0 Å². The van der Waals surface area contributed by atoms with Crippen LogP contribution in [0.1, 0.15) is 95.9 Å². The van der Waals surface area contributed by atoms with Gasteiger partial charge in [0.25, 0.3) is 10.2 Å². The van der Waals surface area contributed by atoms with Crippen molar-refractivity contribution in [2.24, 2.45) is 32.3 Å². The second-order valence-electron chi connectivity index (χ2n) is 19.7. The van der Waals surface area contributed by atoms with E-state index >= 15 is 8.42 Å². The fourth-order valence-electron chi connectivity index (χ4n) is 14.3. The zero-order chi connectivity index (χ0) is 44.3. The van der Waals surface area contributed by atoms with Gasteiger partial charge in [0.1, 0.15) is 11.1 Å². The third kappa shape index (κ3) is 5.86. The molecule has 15 heteroatoms. The predicted molar refractivity (Wildman–Crippen MR) is 241 cm³/mol. The van der Waals surface area contributed by atoms with E-state index in [-0.39, 0.29) is 23.6 Å². The Kier molecular flexibility index (Phi) is 9.29. The molecule has 4 aromatic rings. The van der Waals surface area contributed by atoms with E-state index in [2.05, 4.69) is 51.9 Å². The smallest absolute Gasteiger partial charge is 0.409 e. The summed E-state index contributed by atoms with van der Waals surface area (Å²) >= 11 is 0. The molecule has 0 radical (unpaired) electrons. The maximum atomic E-state index is 15.1. The van der Waals surface area contributed by atoms with Gasteiger partial charge in [0, 0.05) is 13.1 Å². The normalized spacial score (nSPS) is 32.3. The number of nitrogens with zero attached hydrogens (tertiary/aromatic N) is 6. The first-order valence-corrected chi connectivity index (χ1v) is 24.8. The number of amides is 2. The Morgan fingerprint density at radius 1 is 0.585 bits per heavy atom. The molecule has 0 bridgehead atoms. The second kappa shape index (κ2) is 14.7.